The predicted molar refractivity (Wildman–Crippen MR) is 143 cm³/mol. The summed E-state index contributed by atoms with van der Waals surface area (Å²) < 4.78 is 13.6. The highest BCUT2D eigenvalue weighted by atomic mass is 35.5. The molecule has 192 valence electrons. The molecule has 1 atom stereocenters. The third kappa shape index (κ3) is 5.67. The van der Waals surface area contributed by atoms with E-state index >= 15 is 0 Å². The van der Waals surface area contributed by atoms with E-state index in [1.165, 1.54) is 17.0 Å². The molecule has 1 unspecified atom stereocenters. The van der Waals surface area contributed by atoms with Gasteiger partial charge in [-0.1, -0.05) is 61.8 Å². The van der Waals surface area contributed by atoms with Crippen molar-refractivity contribution < 1.29 is 14.0 Å². The number of guanidine groups is 1. The van der Waals surface area contributed by atoms with Gasteiger partial charge in [0.05, 0.1) is 6.54 Å². The van der Waals surface area contributed by atoms with Crippen LogP contribution in [0.15, 0.2) is 77.8 Å². The molecule has 4 rings (SSSR count). The van der Waals surface area contributed by atoms with Crippen LogP contribution in [0.1, 0.15) is 47.3 Å². The van der Waals surface area contributed by atoms with Gasteiger partial charge in [-0.25, -0.2) is 9.38 Å². The number of carbonyl (C=O) groups excluding carboxylic acids is 2. The van der Waals surface area contributed by atoms with E-state index in [-0.39, 0.29) is 36.1 Å². The van der Waals surface area contributed by atoms with Crippen molar-refractivity contribution in [2.75, 3.05) is 7.05 Å². The van der Waals surface area contributed by atoms with Crippen LogP contribution in [0.2, 0.25) is 5.02 Å². The van der Waals surface area contributed by atoms with Crippen molar-refractivity contribution in [1.82, 2.24) is 9.80 Å². The van der Waals surface area contributed by atoms with Gasteiger partial charge >= 0.3 is 0 Å². The average Bonchev–Trinajstić information content (AvgIpc) is 3.09. The Balaban J connectivity index is 1.54. The Bertz CT molecular complexity index is 1320. The maximum Gasteiger partial charge on any atom is 0.262 e. The highest BCUT2D eigenvalue weighted by Gasteiger charge is 2.49. The lowest BCUT2D eigenvalue weighted by Gasteiger charge is -2.28. The molecule has 0 aromatic heterocycles. The second kappa shape index (κ2) is 10.7. The van der Waals surface area contributed by atoms with Gasteiger partial charge in [0, 0.05) is 24.2 Å². The highest BCUT2D eigenvalue weighted by Crippen LogP contribution is 2.39. The number of nitrogens with two attached hydrogens (primary N) is 1. The molecule has 2 N–H and O–H groups in total. The molecule has 8 heteroatoms. The van der Waals surface area contributed by atoms with Crippen LogP contribution in [0.5, 0.6) is 0 Å². The molecule has 0 spiro atoms. The van der Waals surface area contributed by atoms with E-state index in [1.807, 2.05) is 32.0 Å². The van der Waals surface area contributed by atoms with Crippen LogP contribution in [0, 0.1) is 11.7 Å². The van der Waals surface area contributed by atoms with E-state index in [0.717, 1.165) is 11.1 Å². The number of carbonyl (C=O) groups is 2. The molecule has 6 nitrogen and oxygen atoms in total. The summed E-state index contributed by atoms with van der Waals surface area (Å²) >= 11 is 5.96. The van der Waals surface area contributed by atoms with Crippen molar-refractivity contribution in [3.05, 3.63) is 106 Å². The first-order valence-corrected chi connectivity index (χ1v) is 12.5. The minimum atomic E-state index is -1.21. The third-order valence-electron chi connectivity index (χ3n) is 6.40. The van der Waals surface area contributed by atoms with E-state index in [4.69, 9.17) is 17.3 Å². The summed E-state index contributed by atoms with van der Waals surface area (Å²) in [6.07, 6.45) is 0.433. The van der Waals surface area contributed by atoms with Gasteiger partial charge in [-0.3, -0.25) is 14.5 Å². The topological polar surface area (TPSA) is 79.0 Å². The van der Waals surface area contributed by atoms with E-state index in [1.54, 1.807) is 54.4 Å². The second-order valence-electron chi connectivity index (χ2n) is 9.81. The summed E-state index contributed by atoms with van der Waals surface area (Å²) in [5, 5.41) is 0.640. The van der Waals surface area contributed by atoms with Gasteiger partial charge in [0.15, 0.2) is 11.5 Å². The largest absolute Gasteiger partial charge is 0.369 e. The molecule has 1 aliphatic rings. The molecule has 3 aromatic carbocycles. The zero-order valence-electron chi connectivity index (χ0n) is 21.1. The molecule has 0 saturated carbocycles. The standard InChI is InChI=1S/C29H30ClFN4O2/c1-19(2)16-29(23-9-13-25(31)14-10-23)27(37)35(28(32)33-29)18-21-5-4-6-22(15-21)26(36)34(3)17-20-7-11-24(30)12-8-20/h4-15,19H,16-18H2,1-3H3,(H2,32,33). The van der Waals surface area contributed by atoms with Gasteiger partial charge in [-0.2, -0.15) is 0 Å². The van der Waals surface area contributed by atoms with Crippen LogP contribution >= 0.6 is 11.6 Å². The lowest BCUT2D eigenvalue weighted by Crippen LogP contribution is -2.43. The zero-order chi connectivity index (χ0) is 26.7. The van der Waals surface area contributed by atoms with Crippen molar-refractivity contribution in [1.29, 1.82) is 0 Å². The molecular formula is C29H30ClFN4O2. The molecule has 0 bridgehead atoms. The molecule has 2 amide bonds. The van der Waals surface area contributed by atoms with E-state index < -0.39 is 5.54 Å². The van der Waals surface area contributed by atoms with Crippen LogP contribution in [0.3, 0.4) is 0 Å². The lowest BCUT2D eigenvalue weighted by molar-refractivity contribution is -0.132. The third-order valence-corrected chi connectivity index (χ3v) is 6.65. The molecule has 0 aliphatic carbocycles. The highest BCUT2D eigenvalue weighted by molar-refractivity contribution is 6.30. The Labute approximate surface area is 221 Å². The van der Waals surface area contributed by atoms with E-state index in [2.05, 4.69) is 4.99 Å². The molecule has 0 fully saturated rings. The fourth-order valence-corrected chi connectivity index (χ4v) is 4.81. The minimum absolute atomic E-state index is 0.103. The number of hydrogen-bond acceptors (Lipinski definition) is 4. The lowest BCUT2D eigenvalue weighted by atomic mass is 9.82. The van der Waals surface area contributed by atoms with Gasteiger partial charge in [-0.05, 0) is 65.4 Å². The maximum absolute atomic E-state index is 13.8. The van der Waals surface area contributed by atoms with Crippen molar-refractivity contribution in [3.63, 3.8) is 0 Å². The molecule has 1 aliphatic heterocycles. The van der Waals surface area contributed by atoms with Crippen molar-refractivity contribution in [2.45, 2.75) is 38.9 Å². The van der Waals surface area contributed by atoms with Gasteiger partial charge in [0.25, 0.3) is 11.8 Å². The van der Waals surface area contributed by atoms with Crippen LogP contribution in [-0.4, -0.2) is 34.6 Å². The fraction of sp³-hybridized carbons (Fsp3) is 0.276. The van der Waals surface area contributed by atoms with Crippen LogP contribution in [0.4, 0.5) is 4.39 Å². The van der Waals surface area contributed by atoms with Gasteiger partial charge in [0.2, 0.25) is 0 Å². The predicted octanol–water partition coefficient (Wildman–Crippen LogP) is 5.35. The van der Waals surface area contributed by atoms with Gasteiger partial charge in [-0.15, -0.1) is 0 Å². The Hall–Kier alpha value is -3.71. The Morgan fingerprint density at radius 2 is 1.76 bits per heavy atom. The number of benzene rings is 3. The fourth-order valence-electron chi connectivity index (χ4n) is 4.68. The number of aliphatic imine (C=N–C) groups is 1. The first-order chi connectivity index (χ1) is 17.6. The van der Waals surface area contributed by atoms with Crippen LogP contribution in [0.25, 0.3) is 0 Å². The van der Waals surface area contributed by atoms with Crippen molar-refractivity contribution in [2.24, 2.45) is 16.6 Å². The maximum atomic E-state index is 13.8. The van der Waals surface area contributed by atoms with Crippen LogP contribution < -0.4 is 5.73 Å². The Kier molecular flexibility index (Phi) is 7.64. The van der Waals surface area contributed by atoms with E-state index in [0.29, 0.717) is 29.1 Å². The normalized spacial score (nSPS) is 17.3. The summed E-state index contributed by atoms with van der Waals surface area (Å²) in [6.45, 7) is 4.60. The summed E-state index contributed by atoms with van der Waals surface area (Å²) in [7, 11) is 1.74. The Morgan fingerprint density at radius 3 is 2.41 bits per heavy atom. The van der Waals surface area contributed by atoms with Gasteiger partial charge < -0.3 is 10.6 Å². The Morgan fingerprint density at radius 1 is 1.08 bits per heavy atom. The summed E-state index contributed by atoms with van der Waals surface area (Å²) in [5.41, 5.74) is 7.88. The minimum Gasteiger partial charge on any atom is -0.369 e. The molecule has 1 heterocycles. The molecule has 3 aromatic rings. The smallest absolute Gasteiger partial charge is 0.262 e. The zero-order valence-corrected chi connectivity index (χ0v) is 21.9. The average molecular weight is 521 g/mol. The van der Waals surface area contributed by atoms with Crippen molar-refractivity contribution >= 4 is 29.4 Å². The molecule has 0 saturated heterocycles. The number of hydrogen-bond donors (Lipinski definition) is 1. The molecule has 0 radical (unpaired) electrons. The molecular weight excluding hydrogens is 491 g/mol. The summed E-state index contributed by atoms with van der Waals surface area (Å²) in [4.78, 5) is 34.6. The summed E-state index contributed by atoms with van der Waals surface area (Å²) in [5.74, 6) is -0.548. The van der Waals surface area contributed by atoms with Crippen molar-refractivity contribution in [3.8, 4) is 0 Å². The second-order valence-corrected chi connectivity index (χ2v) is 10.3. The first-order valence-electron chi connectivity index (χ1n) is 12.1. The van der Waals surface area contributed by atoms with Crippen LogP contribution in [-0.2, 0) is 23.4 Å². The van der Waals surface area contributed by atoms with Gasteiger partial charge in [0.1, 0.15) is 5.82 Å². The molecule has 37 heavy (non-hydrogen) atoms. The first kappa shape index (κ1) is 26.4. The number of rotatable bonds is 8. The SMILES string of the molecule is CC(C)CC1(c2ccc(F)cc2)N=C(N)N(Cc2cccc(C(=O)N(C)Cc3ccc(Cl)cc3)c2)C1=O. The quantitative estimate of drug-likeness (QED) is 0.435. The number of halogens is 2. The number of amides is 2. The monoisotopic (exact) mass is 520 g/mol. The number of nitrogens with zero attached hydrogens (tertiary/aromatic N) is 3. The van der Waals surface area contributed by atoms with E-state index in [9.17, 15) is 14.0 Å². The summed E-state index contributed by atoms with van der Waals surface area (Å²) in [6, 6.07) is 20.3.